The van der Waals surface area contributed by atoms with Crippen molar-refractivity contribution in [3.8, 4) is 5.69 Å². The first-order valence-electron chi connectivity index (χ1n) is 7.61. The quantitative estimate of drug-likeness (QED) is 0.756. The van der Waals surface area contributed by atoms with Crippen LogP contribution in [-0.4, -0.2) is 32.7 Å². The topological polar surface area (TPSA) is 72.7 Å². The lowest BCUT2D eigenvalue weighted by atomic mass is 10.1. The van der Waals surface area contributed by atoms with Gasteiger partial charge in [-0.05, 0) is 40.3 Å². The van der Waals surface area contributed by atoms with E-state index in [1.165, 1.54) is 0 Å². The highest BCUT2D eigenvalue weighted by atomic mass is 16.1. The van der Waals surface area contributed by atoms with Crippen LogP contribution in [0.15, 0.2) is 61.2 Å². The van der Waals surface area contributed by atoms with Crippen LogP contribution in [-0.2, 0) is 6.42 Å². The average Bonchev–Trinajstić information content (AvgIpc) is 3.11. The molecule has 0 bridgehead atoms. The third-order valence-electron chi connectivity index (χ3n) is 3.58. The molecule has 0 aliphatic carbocycles. The van der Waals surface area contributed by atoms with Crippen molar-refractivity contribution in [1.29, 1.82) is 0 Å². The molecule has 6 nitrogen and oxygen atoms in total. The van der Waals surface area contributed by atoms with E-state index >= 15 is 0 Å². The van der Waals surface area contributed by atoms with E-state index in [0.717, 1.165) is 11.3 Å². The van der Waals surface area contributed by atoms with Crippen molar-refractivity contribution in [2.45, 2.75) is 6.42 Å². The summed E-state index contributed by atoms with van der Waals surface area (Å²) >= 11 is 0. The van der Waals surface area contributed by atoms with Gasteiger partial charge in [-0.3, -0.25) is 4.79 Å². The van der Waals surface area contributed by atoms with Crippen molar-refractivity contribution in [1.82, 2.24) is 25.5 Å². The van der Waals surface area contributed by atoms with Crippen LogP contribution in [0, 0.1) is 0 Å². The molecule has 0 saturated carbocycles. The van der Waals surface area contributed by atoms with Gasteiger partial charge in [0.1, 0.15) is 0 Å². The monoisotopic (exact) mass is 319 g/mol. The summed E-state index contributed by atoms with van der Waals surface area (Å²) in [4.78, 5) is 12.1. The zero-order valence-corrected chi connectivity index (χ0v) is 13.1. The molecular weight excluding hydrogens is 302 g/mol. The Bertz CT molecular complexity index is 824. The van der Waals surface area contributed by atoms with Gasteiger partial charge >= 0.3 is 0 Å². The van der Waals surface area contributed by atoms with Crippen molar-refractivity contribution in [2.75, 3.05) is 6.54 Å². The summed E-state index contributed by atoms with van der Waals surface area (Å²) in [6.45, 7) is 4.15. The van der Waals surface area contributed by atoms with E-state index in [1.54, 1.807) is 22.9 Å². The molecule has 0 unspecified atom stereocenters. The number of hydrogen-bond donors (Lipinski definition) is 1. The molecule has 120 valence electrons. The van der Waals surface area contributed by atoms with Gasteiger partial charge < -0.3 is 5.32 Å². The summed E-state index contributed by atoms with van der Waals surface area (Å²) in [6.07, 6.45) is 2.28. The van der Waals surface area contributed by atoms with Crippen molar-refractivity contribution >= 4 is 12.0 Å². The first-order valence-corrected chi connectivity index (χ1v) is 7.61. The minimum Gasteiger partial charge on any atom is -0.352 e. The van der Waals surface area contributed by atoms with Gasteiger partial charge in [0, 0.05) is 18.5 Å². The van der Waals surface area contributed by atoms with Gasteiger partial charge in [-0.2, -0.15) is 4.68 Å². The third-order valence-corrected chi connectivity index (χ3v) is 3.58. The predicted octanol–water partition coefficient (Wildman–Crippen LogP) is 2.28. The molecule has 0 saturated heterocycles. The molecule has 0 spiro atoms. The summed E-state index contributed by atoms with van der Waals surface area (Å²) in [7, 11) is 0. The Morgan fingerprint density at radius 1 is 1.12 bits per heavy atom. The van der Waals surface area contributed by atoms with Crippen LogP contribution in [0.25, 0.3) is 11.8 Å². The van der Waals surface area contributed by atoms with E-state index in [9.17, 15) is 4.79 Å². The van der Waals surface area contributed by atoms with Gasteiger partial charge in [0.05, 0.1) is 5.69 Å². The number of amides is 1. The molecule has 0 aliphatic heterocycles. The van der Waals surface area contributed by atoms with Crippen molar-refractivity contribution < 1.29 is 4.79 Å². The summed E-state index contributed by atoms with van der Waals surface area (Å²) in [6, 6.07) is 16.9. The van der Waals surface area contributed by atoms with Crippen LogP contribution in [0.4, 0.5) is 0 Å². The van der Waals surface area contributed by atoms with E-state index in [-0.39, 0.29) is 5.91 Å². The molecule has 24 heavy (non-hydrogen) atoms. The number of rotatable bonds is 6. The maximum atomic E-state index is 12.1. The fourth-order valence-electron chi connectivity index (χ4n) is 2.29. The highest BCUT2D eigenvalue weighted by Gasteiger charge is 2.09. The average molecular weight is 319 g/mol. The highest BCUT2D eigenvalue weighted by Crippen LogP contribution is 2.08. The second kappa shape index (κ2) is 7.32. The minimum absolute atomic E-state index is 0.121. The van der Waals surface area contributed by atoms with Crippen LogP contribution in [0.2, 0.25) is 0 Å². The maximum absolute atomic E-state index is 12.1. The van der Waals surface area contributed by atoms with Gasteiger partial charge in [-0.1, -0.05) is 43.0 Å². The number of nitrogens with one attached hydrogen (secondary N) is 1. The predicted molar refractivity (Wildman–Crippen MR) is 91.7 cm³/mol. The standard InChI is InChI=1S/C18H17N5O/c1-2-14-8-10-15(11-9-14)18(24)19-13-12-17-20-21-22-23(17)16-6-4-3-5-7-16/h2-11H,1,12-13H2,(H,19,24). The zero-order valence-electron chi connectivity index (χ0n) is 13.1. The lowest BCUT2D eigenvalue weighted by molar-refractivity contribution is 0.0954. The fourth-order valence-corrected chi connectivity index (χ4v) is 2.29. The lowest BCUT2D eigenvalue weighted by Gasteiger charge is -2.06. The first-order chi connectivity index (χ1) is 11.8. The number of nitrogens with zero attached hydrogens (tertiary/aromatic N) is 4. The number of tetrazole rings is 1. The summed E-state index contributed by atoms with van der Waals surface area (Å²) < 4.78 is 1.67. The molecule has 0 fully saturated rings. The second-order valence-electron chi connectivity index (χ2n) is 5.17. The Labute approximate surface area is 139 Å². The Hall–Kier alpha value is -3.28. The van der Waals surface area contributed by atoms with Crippen molar-refractivity contribution in [2.24, 2.45) is 0 Å². The molecule has 1 heterocycles. The number of carbonyl (C=O) groups is 1. The normalized spacial score (nSPS) is 10.3. The molecule has 3 rings (SSSR count). The second-order valence-corrected chi connectivity index (χ2v) is 5.17. The first kappa shape index (κ1) is 15.6. The number of carbonyl (C=O) groups excluding carboxylic acids is 1. The third kappa shape index (κ3) is 3.55. The summed E-state index contributed by atoms with van der Waals surface area (Å²) in [5.41, 5.74) is 2.49. The highest BCUT2D eigenvalue weighted by molar-refractivity contribution is 5.94. The molecule has 0 radical (unpaired) electrons. The van der Waals surface area contributed by atoms with Gasteiger partial charge in [-0.15, -0.1) is 5.10 Å². The molecule has 1 aromatic heterocycles. The number of benzene rings is 2. The summed E-state index contributed by atoms with van der Waals surface area (Å²) in [5.74, 6) is 0.577. The number of aromatic nitrogens is 4. The van der Waals surface area contributed by atoms with E-state index in [1.807, 2.05) is 42.5 Å². The molecular formula is C18H17N5O. The molecule has 1 amide bonds. The van der Waals surface area contributed by atoms with Gasteiger partial charge in [-0.25, -0.2) is 0 Å². The molecule has 1 N–H and O–H groups in total. The van der Waals surface area contributed by atoms with Crippen LogP contribution in [0.1, 0.15) is 21.7 Å². The van der Waals surface area contributed by atoms with Crippen LogP contribution in [0.3, 0.4) is 0 Å². The number of para-hydroxylation sites is 1. The van der Waals surface area contributed by atoms with E-state index in [4.69, 9.17) is 0 Å². The van der Waals surface area contributed by atoms with Crippen molar-refractivity contribution in [3.05, 3.63) is 78.1 Å². The Morgan fingerprint density at radius 2 is 1.88 bits per heavy atom. The number of hydrogen-bond acceptors (Lipinski definition) is 4. The van der Waals surface area contributed by atoms with Gasteiger partial charge in [0.15, 0.2) is 5.82 Å². The van der Waals surface area contributed by atoms with Crippen LogP contribution in [0.5, 0.6) is 0 Å². The van der Waals surface area contributed by atoms with Gasteiger partial charge in [0.2, 0.25) is 0 Å². The smallest absolute Gasteiger partial charge is 0.251 e. The molecule has 6 heteroatoms. The van der Waals surface area contributed by atoms with E-state index in [0.29, 0.717) is 24.4 Å². The lowest BCUT2D eigenvalue weighted by Crippen LogP contribution is -2.26. The Kier molecular flexibility index (Phi) is 4.76. The van der Waals surface area contributed by atoms with Crippen LogP contribution >= 0.6 is 0 Å². The maximum Gasteiger partial charge on any atom is 0.251 e. The Morgan fingerprint density at radius 3 is 2.58 bits per heavy atom. The largest absolute Gasteiger partial charge is 0.352 e. The minimum atomic E-state index is -0.121. The molecule has 0 atom stereocenters. The molecule has 3 aromatic rings. The van der Waals surface area contributed by atoms with E-state index < -0.39 is 0 Å². The van der Waals surface area contributed by atoms with Gasteiger partial charge in [0.25, 0.3) is 5.91 Å². The van der Waals surface area contributed by atoms with Crippen molar-refractivity contribution in [3.63, 3.8) is 0 Å². The molecule has 2 aromatic carbocycles. The fraction of sp³-hybridized carbons (Fsp3) is 0.111. The van der Waals surface area contributed by atoms with E-state index in [2.05, 4.69) is 27.4 Å². The zero-order chi connectivity index (χ0) is 16.8. The molecule has 0 aliphatic rings. The Balaban J connectivity index is 1.60. The SMILES string of the molecule is C=Cc1ccc(C(=O)NCCc2nnnn2-c2ccccc2)cc1. The summed E-state index contributed by atoms with van der Waals surface area (Å²) in [5, 5.41) is 14.6. The van der Waals surface area contributed by atoms with Crippen LogP contribution < -0.4 is 5.32 Å².